The molecule has 0 aliphatic carbocycles. The minimum absolute atomic E-state index is 0.171. The number of nitrogen functional groups attached to an aromatic ring is 1. The van der Waals surface area contributed by atoms with Gasteiger partial charge >= 0.3 is 0 Å². The molecule has 20 heavy (non-hydrogen) atoms. The lowest BCUT2D eigenvalue weighted by Crippen LogP contribution is -2.17. The zero-order valence-corrected chi connectivity index (χ0v) is 13.1. The van der Waals surface area contributed by atoms with Gasteiger partial charge in [-0.25, -0.2) is 0 Å². The molecule has 0 fully saturated rings. The molecule has 0 atom stereocenters. The van der Waals surface area contributed by atoms with Gasteiger partial charge in [-0.15, -0.1) is 0 Å². The summed E-state index contributed by atoms with van der Waals surface area (Å²) in [6.07, 6.45) is 0.806. The van der Waals surface area contributed by atoms with E-state index in [0.29, 0.717) is 23.6 Å². The minimum Gasteiger partial charge on any atom is -0.398 e. The van der Waals surface area contributed by atoms with Crippen LogP contribution in [0.5, 0.6) is 0 Å². The number of halogens is 1. The molecule has 0 saturated carbocycles. The Labute approximate surface area is 126 Å². The molecular formula is C14H17BrN4O. The number of benzene rings is 1. The fourth-order valence-corrected chi connectivity index (χ4v) is 2.25. The maximum atomic E-state index is 12.3. The second-order valence-electron chi connectivity index (χ2n) is 4.38. The second kappa shape index (κ2) is 6.09. The highest BCUT2D eigenvalue weighted by Crippen LogP contribution is 2.23. The highest BCUT2D eigenvalue weighted by molar-refractivity contribution is 9.10. The Kier molecular flexibility index (Phi) is 4.44. The first-order valence-corrected chi connectivity index (χ1v) is 7.27. The van der Waals surface area contributed by atoms with E-state index in [1.54, 1.807) is 22.9 Å². The van der Waals surface area contributed by atoms with Crippen LogP contribution in [0, 0.1) is 0 Å². The lowest BCUT2D eigenvalue weighted by molar-refractivity contribution is 0.101. The second-order valence-corrected chi connectivity index (χ2v) is 5.23. The molecule has 1 aromatic carbocycles. The Hall–Kier alpha value is -1.82. The summed E-state index contributed by atoms with van der Waals surface area (Å²) in [5.41, 5.74) is 8.53. The monoisotopic (exact) mass is 336 g/mol. The molecule has 0 radical (unpaired) electrons. The molecule has 106 valence electrons. The molecular weight excluding hydrogens is 320 g/mol. The van der Waals surface area contributed by atoms with Crippen molar-refractivity contribution in [1.82, 2.24) is 9.78 Å². The van der Waals surface area contributed by atoms with E-state index in [0.717, 1.165) is 16.6 Å². The Morgan fingerprint density at radius 3 is 2.75 bits per heavy atom. The smallest absolute Gasteiger partial charge is 0.273 e. The maximum absolute atomic E-state index is 12.3. The van der Waals surface area contributed by atoms with Gasteiger partial charge in [-0.05, 0) is 53.5 Å². The van der Waals surface area contributed by atoms with Gasteiger partial charge in [0.2, 0.25) is 0 Å². The summed E-state index contributed by atoms with van der Waals surface area (Å²) in [7, 11) is 0. The maximum Gasteiger partial charge on any atom is 0.273 e. The third-order valence-corrected chi connectivity index (χ3v) is 3.67. The normalized spacial score (nSPS) is 10.6. The van der Waals surface area contributed by atoms with Crippen molar-refractivity contribution < 1.29 is 4.79 Å². The third-order valence-electron chi connectivity index (χ3n) is 2.98. The van der Waals surface area contributed by atoms with Crippen LogP contribution >= 0.6 is 15.9 Å². The summed E-state index contributed by atoms with van der Waals surface area (Å²) < 4.78 is 2.47. The minimum atomic E-state index is -0.171. The number of aromatic nitrogens is 2. The van der Waals surface area contributed by atoms with Gasteiger partial charge in [0.25, 0.3) is 5.91 Å². The highest BCUT2D eigenvalue weighted by Gasteiger charge is 2.14. The van der Waals surface area contributed by atoms with E-state index in [2.05, 4.69) is 26.3 Å². The zero-order valence-electron chi connectivity index (χ0n) is 11.5. The van der Waals surface area contributed by atoms with E-state index in [1.165, 1.54) is 0 Å². The summed E-state index contributed by atoms with van der Waals surface area (Å²) in [6.45, 7) is 4.64. The summed E-state index contributed by atoms with van der Waals surface area (Å²) in [6, 6.07) is 7.12. The van der Waals surface area contributed by atoms with E-state index < -0.39 is 0 Å². The molecule has 1 aromatic heterocycles. The van der Waals surface area contributed by atoms with Crippen molar-refractivity contribution in [3.63, 3.8) is 0 Å². The van der Waals surface area contributed by atoms with Crippen LogP contribution in [-0.4, -0.2) is 15.7 Å². The highest BCUT2D eigenvalue weighted by atomic mass is 79.9. The molecule has 1 heterocycles. The third kappa shape index (κ3) is 3.01. The molecule has 0 unspecified atom stereocenters. The standard InChI is InChI=1S/C14H17BrN4O/c1-3-9-8-13(19(4-2)18-9)14(20)17-10-5-6-12(16)11(15)7-10/h5-8H,3-4,16H2,1-2H3,(H,17,20). The van der Waals surface area contributed by atoms with Crippen LogP contribution in [0.1, 0.15) is 30.0 Å². The Balaban J connectivity index is 2.23. The predicted molar refractivity (Wildman–Crippen MR) is 83.8 cm³/mol. The fourth-order valence-electron chi connectivity index (χ4n) is 1.87. The van der Waals surface area contributed by atoms with E-state index in [1.807, 2.05) is 19.9 Å². The Bertz CT molecular complexity index is 636. The lowest BCUT2D eigenvalue weighted by Gasteiger charge is -2.08. The number of aryl methyl sites for hydroxylation is 2. The van der Waals surface area contributed by atoms with Crippen LogP contribution in [0.25, 0.3) is 0 Å². The number of hydrogen-bond donors (Lipinski definition) is 2. The van der Waals surface area contributed by atoms with E-state index in [9.17, 15) is 4.79 Å². The molecule has 0 saturated heterocycles. The van der Waals surface area contributed by atoms with Gasteiger partial charge < -0.3 is 11.1 Å². The topological polar surface area (TPSA) is 72.9 Å². The number of nitrogens with one attached hydrogen (secondary N) is 1. The number of anilines is 2. The number of nitrogens with two attached hydrogens (primary N) is 1. The van der Waals surface area contributed by atoms with E-state index in [-0.39, 0.29) is 5.91 Å². The van der Waals surface area contributed by atoms with Gasteiger partial charge in [0.05, 0.1) is 5.69 Å². The molecule has 3 N–H and O–H groups in total. The van der Waals surface area contributed by atoms with Crippen molar-refractivity contribution >= 4 is 33.2 Å². The number of amides is 1. The largest absolute Gasteiger partial charge is 0.398 e. The van der Waals surface area contributed by atoms with Crippen molar-refractivity contribution in [2.45, 2.75) is 26.8 Å². The van der Waals surface area contributed by atoms with E-state index in [4.69, 9.17) is 5.73 Å². The molecule has 2 rings (SSSR count). The molecule has 0 aliphatic rings. The molecule has 2 aromatic rings. The first-order chi connectivity index (χ1) is 9.55. The van der Waals surface area contributed by atoms with Crippen LogP contribution in [-0.2, 0) is 13.0 Å². The molecule has 5 nitrogen and oxygen atoms in total. The van der Waals surface area contributed by atoms with Crippen molar-refractivity contribution in [3.05, 3.63) is 40.1 Å². The van der Waals surface area contributed by atoms with Crippen LogP contribution < -0.4 is 11.1 Å². The molecule has 1 amide bonds. The fraction of sp³-hybridized carbons (Fsp3) is 0.286. The number of nitrogens with zero attached hydrogens (tertiary/aromatic N) is 2. The van der Waals surface area contributed by atoms with Crippen LogP contribution in [0.3, 0.4) is 0 Å². The van der Waals surface area contributed by atoms with Crippen molar-refractivity contribution in [1.29, 1.82) is 0 Å². The number of carbonyl (C=O) groups is 1. The predicted octanol–water partition coefficient (Wildman–Crippen LogP) is 3.06. The van der Waals surface area contributed by atoms with Crippen molar-refractivity contribution in [3.8, 4) is 0 Å². The molecule has 0 aliphatic heterocycles. The number of carbonyl (C=O) groups excluding carboxylic acids is 1. The first-order valence-electron chi connectivity index (χ1n) is 6.48. The van der Waals surface area contributed by atoms with Crippen LogP contribution in [0.4, 0.5) is 11.4 Å². The SMILES string of the molecule is CCc1cc(C(=O)Nc2ccc(N)c(Br)c2)n(CC)n1. The number of rotatable bonds is 4. The van der Waals surface area contributed by atoms with Gasteiger partial charge in [-0.1, -0.05) is 6.92 Å². The molecule has 6 heteroatoms. The van der Waals surface area contributed by atoms with Gasteiger partial charge in [0.15, 0.2) is 0 Å². The summed E-state index contributed by atoms with van der Waals surface area (Å²) in [4.78, 5) is 12.3. The molecule has 0 bridgehead atoms. The average Bonchev–Trinajstić information content (AvgIpc) is 2.86. The van der Waals surface area contributed by atoms with Gasteiger partial charge in [-0.3, -0.25) is 9.48 Å². The summed E-state index contributed by atoms with van der Waals surface area (Å²) >= 11 is 3.34. The quantitative estimate of drug-likeness (QED) is 0.842. The Morgan fingerprint density at radius 1 is 1.40 bits per heavy atom. The van der Waals surface area contributed by atoms with Crippen LogP contribution in [0.15, 0.2) is 28.7 Å². The van der Waals surface area contributed by atoms with Crippen LogP contribution in [0.2, 0.25) is 0 Å². The summed E-state index contributed by atoms with van der Waals surface area (Å²) in [5, 5.41) is 7.22. The lowest BCUT2D eigenvalue weighted by atomic mass is 10.2. The van der Waals surface area contributed by atoms with Crippen molar-refractivity contribution in [2.75, 3.05) is 11.1 Å². The zero-order chi connectivity index (χ0) is 14.7. The Morgan fingerprint density at radius 2 is 2.15 bits per heavy atom. The van der Waals surface area contributed by atoms with Gasteiger partial charge in [0.1, 0.15) is 5.69 Å². The molecule has 0 spiro atoms. The average molecular weight is 337 g/mol. The number of hydrogen-bond acceptors (Lipinski definition) is 3. The van der Waals surface area contributed by atoms with E-state index >= 15 is 0 Å². The van der Waals surface area contributed by atoms with Gasteiger partial charge in [-0.2, -0.15) is 5.10 Å². The first kappa shape index (κ1) is 14.6. The van der Waals surface area contributed by atoms with Crippen molar-refractivity contribution in [2.24, 2.45) is 0 Å². The van der Waals surface area contributed by atoms with Gasteiger partial charge in [0, 0.05) is 22.4 Å². The summed E-state index contributed by atoms with van der Waals surface area (Å²) in [5.74, 6) is -0.171.